The third-order valence-corrected chi connectivity index (χ3v) is 3.58. The largest absolute Gasteiger partial charge is 0.370 e. The lowest BCUT2D eigenvalue weighted by Crippen LogP contribution is -2.12. The summed E-state index contributed by atoms with van der Waals surface area (Å²) in [4.78, 5) is 4.38. The summed E-state index contributed by atoms with van der Waals surface area (Å²) < 4.78 is 10.8. The number of ether oxygens (including phenoxy) is 1. The highest BCUT2D eigenvalue weighted by molar-refractivity contribution is 5.15. The summed E-state index contributed by atoms with van der Waals surface area (Å²) in [6.07, 6.45) is 3.68. The maximum atomic E-state index is 6.12. The molecule has 106 valence electrons. The van der Waals surface area contributed by atoms with Crippen LogP contribution in [0.4, 0.5) is 0 Å². The number of aromatic nitrogens is 2. The van der Waals surface area contributed by atoms with Crippen LogP contribution in [0.3, 0.4) is 0 Å². The van der Waals surface area contributed by atoms with E-state index in [0.29, 0.717) is 11.7 Å². The molecule has 1 fully saturated rings. The van der Waals surface area contributed by atoms with Crippen LogP contribution in [0.5, 0.6) is 0 Å². The van der Waals surface area contributed by atoms with Gasteiger partial charge in [0.25, 0.3) is 0 Å². The molecular formula is C15H19N3O2. The smallest absolute Gasteiger partial charge is 0.243 e. The summed E-state index contributed by atoms with van der Waals surface area (Å²) in [6, 6.07) is 10.0. The van der Waals surface area contributed by atoms with Crippen LogP contribution in [-0.2, 0) is 11.2 Å². The number of nitrogens with two attached hydrogens (primary N) is 1. The van der Waals surface area contributed by atoms with Crippen molar-refractivity contribution in [1.82, 2.24) is 10.1 Å². The van der Waals surface area contributed by atoms with Gasteiger partial charge in [-0.1, -0.05) is 35.5 Å². The van der Waals surface area contributed by atoms with Crippen molar-refractivity contribution in [1.29, 1.82) is 0 Å². The average molecular weight is 273 g/mol. The van der Waals surface area contributed by atoms with Crippen molar-refractivity contribution in [2.75, 3.05) is 6.61 Å². The Kier molecular flexibility index (Phi) is 4.08. The van der Waals surface area contributed by atoms with E-state index in [2.05, 4.69) is 22.3 Å². The second kappa shape index (κ2) is 6.15. The normalized spacial score (nSPS) is 20.1. The molecule has 1 unspecified atom stereocenters. The monoisotopic (exact) mass is 273 g/mol. The first-order chi connectivity index (χ1) is 9.83. The highest BCUT2D eigenvalue weighted by atomic mass is 16.5. The molecule has 1 aromatic carbocycles. The molecule has 0 amide bonds. The first kappa shape index (κ1) is 13.3. The lowest BCUT2D eigenvalue weighted by atomic mass is 10.1. The summed E-state index contributed by atoms with van der Waals surface area (Å²) in [5.41, 5.74) is 7.38. The molecule has 20 heavy (non-hydrogen) atoms. The molecule has 0 radical (unpaired) electrons. The van der Waals surface area contributed by atoms with Gasteiger partial charge in [0.2, 0.25) is 11.7 Å². The Balaban J connectivity index is 1.58. The van der Waals surface area contributed by atoms with Crippen molar-refractivity contribution in [2.24, 2.45) is 5.73 Å². The number of hydrogen-bond donors (Lipinski definition) is 1. The van der Waals surface area contributed by atoms with E-state index in [1.165, 1.54) is 5.56 Å². The van der Waals surface area contributed by atoms with Crippen LogP contribution in [0.15, 0.2) is 34.9 Å². The Labute approximate surface area is 118 Å². The van der Waals surface area contributed by atoms with Gasteiger partial charge < -0.3 is 15.0 Å². The summed E-state index contributed by atoms with van der Waals surface area (Å²) in [5, 5.41) is 3.98. The van der Waals surface area contributed by atoms with Gasteiger partial charge in [-0.2, -0.15) is 4.98 Å². The van der Waals surface area contributed by atoms with Crippen molar-refractivity contribution in [3.05, 3.63) is 47.6 Å². The SMILES string of the molecule is N[C@@H](CCc1ccccc1)c1nc(C2CCCO2)no1. The molecule has 2 heterocycles. The van der Waals surface area contributed by atoms with E-state index >= 15 is 0 Å². The quantitative estimate of drug-likeness (QED) is 0.906. The number of rotatable bonds is 5. The van der Waals surface area contributed by atoms with Crippen molar-refractivity contribution < 1.29 is 9.26 Å². The molecule has 3 rings (SSSR count). The van der Waals surface area contributed by atoms with Crippen LogP contribution in [0, 0.1) is 0 Å². The fourth-order valence-corrected chi connectivity index (χ4v) is 2.40. The molecule has 1 aromatic heterocycles. The van der Waals surface area contributed by atoms with E-state index < -0.39 is 0 Å². The van der Waals surface area contributed by atoms with Crippen LogP contribution in [0.1, 0.15) is 48.7 Å². The van der Waals surface area contributed by atoms with Gasteiger partial charge in [0, 0.05) is 6.61 Å². The van der Waals surface area contributed by atoms with E-state index in [9.17, 15) is 0 Å². The van der Waals surface area contributed by atoms with E-state index in [1.807, 2.05) is 18.2 Å². The number of benzene rings is 1. The molecule has 5 heteroatoms. The van der Waals surface area contributed by atoms with Crippen LogP contribution >= 0.6 is 0 Å². The van der Waals surface area contributed by atoms with Gasteiger partial charge in [-0.05, 0) is 31.2 Å². The third-order valence-electron chi connectivity index (χ3n) is 3.58. The van der Waals surface area contributed by atoms with Crippen LogP contribution < -0.4 is 5.73 Å². The van der Waals surface area contributed by atoms with Gasteiger partial charge in [0.1, 0.15) is 6.10 Å². The summed E-state index contributed by atoms with van der Waals surface area (Å²) in [6.45, 7) is 0.772. The molecule has 2 N–H and O–H groups in total. The zero-order valence-electron chi connectivity index (χ0n) is 11.4. The average Bonchev–Trinajstić information content (AvgIpc) is 3.16. The van der Waals surface area contributed by atoms with E-state index in [0.717, 1.165) is 32.3 Å². The molecule has 0 saturated carbocycles. The fourth-order valence-electron chi connectivity index (χ4n) is 2.40. The van der Waals surface area contributed by atoms with Gasteiger partial charge in [0.15, 0.2) is 0 Å². The molecule has 1 aliphatic rings. The van der Waals surface area contributed by atoms with Crippen molar-refractivity contribution in [2.45, 2.75) is 37.8 Å². The zero-order valence-corrected chi connectivity index (χ0v) is 11.4. The summed E-state index contributed by atoms with van der Waals surface area (Å²) in [7, 11) is 0. The predicted molar refractivity (Wildman–Crippen MR) is 73.9 cm³/mol. The Hall–Kier alpha value is -1.72. The second-order valence-electron chi connectivity index (χ2n) is 5.12. The molecule has 1 aliphatic heterocycles. The summed E-state index contributed by atoms with van der Waals surface area (Å²) >= 11 is 0. The van der Waals surface area contributed by atoms with Gasteiger partial charge in [-0.3, -0.25) is 0 Å². The minimum Gasteiger partial charge on any atom is -0.370 e. The maximum absolute atomic E-state index is 6.12. The van der Waals surface area contributed by atoms with Gasteiger partial charge in [0.05, 0.1) is 6.04 Å². The van der Waals surface area contributed by atoms with Gasteiger partial charge in [-0.15, -0.1) is 0 Å². The van der Waals surface area contributed by atoms with E-state index in [-0.39, 0.29) is 12.1 Å². The minimum absolute atomic E-state index is 0.0196. The van der Waals surface area contributed by atoms with Crippen LogP contribution in [-0.4, -0.2) is 16.7 Å². The lowest BCUT2D eigenvalue weighted by molar-refractivity contribution is 0.103. The highest BCUT2D eigenvalue weighted by Gasteiger charge is 2.24. The Morgan fingerprint density at radius 2 is 2.15 bits per heavy atom. The molecule has 0 spiro atoms. The first-order valence-corrected chi connectivity index (χ1v) is 7.07. The number of hydrogen-bond acceptors (Lipinski definition) is 5. The Bertz CT molecular complexity index is 535. The van der Waals surface area contributed by atoms with Gasteiger partial charge in [-0.25, -0.2) is 0 Å². The molecule has 0 bridgehead atoms. The van der Waals surface area contributed by atoms with Gasteiger partial charge >= 0.3 is 0 Å². The summed E-state index contributed by atoms with van der Waals surface area (Å²) in [5.74, 6) is 1.14. The molecule has 1 saturated heterocycles. The van der Waals surface area contributed by atoms with Crippen molar-refractivity contribution in [3.63, 3.8) is 0 Å². The van der Waals surface area contributed by atoms with Crippen LogP contribution in [0.2, 0.25) is 0 Å². The van der Waals surface area contributed by atoms with E-state index in [4.69, 9.17) is 15.0 Å². The lowest BCUT2D eigenvalue weighted by Gasteiger charge is -2.06. The first-order valence-electron chi connectivity index (χ1n) is 7.07. The van der Waals surface area contributed by atoms with Crippen LogP contribution in [0.25, 0.3) is 0 Å². The second-order valence-corrected chi connectivity index (χ2v) is 5.12. The van der Waals surface area contributed by atoms with Crippen molar-refractivity contribution in [3.8, 4) is 0 Å². The fraction of sp³-hybridized carbons (Fsp3) is 0.467. The number of nitrogens with zero attached hydrogens (tertiary/aromatic N) is 2. The zero-order chi connectivity index (χ0) is 13.8. The molecule has 0 aliphatic carbocycles. The topological polar surface area (TPSA) is 74.2 Å². The molecule has 2 aromatic rings. The highest BCUT2D eigenvalue weighted by Crippen LogP contribution is 2.27. The molecular weight excluding hydrogens is 254 g/mol. The van der Waals surface area contributed by atoms with Crippen molar-refractivity contribution >= 4 is 0 Å². The third kappa shape index (κ3) is 3.05. The Morgan fingerprint density at radius 3 is 2.90 bits per heavy atom. The predicted octanol–water partition coefficient (Wildman–Crippen LogP) is 2.55. The number of aryl methyl sites for hydroxylation is 1. The molecule has 2 atom stereocenters. The Morgan fingerprint density at radius 1 is 1.30 bits per heavy atom. The molecule has 5 nitrogen and oxygen atoms in total. The standard InChI is InChI=1S/C15H19N3O2/c16-12(9-8-11-5-2-1-3-6-11)15-17-14(18-20-15)13-7-4-10-19-13/h1-3,5-6,12-13H,4,7-10,16H2/t12-,13?/m0/s1. The van der Waals surface area contributed by atoms with E-state index in [1.54, 1.807) is 0 Å². The minimum atomic E-state index is -0.224. The maximum Gasteiger partial charge on any atom is 0.243 e.